The lowest BCUT2D eigenvalue weighted by atomic mass is 9.83. The maximum absolute atomic E-state index is 12.7. The Bertz CT molecular complexity index is 1000. The van der Waals surface area contributed by atoms with E-state index < -0.39 is 0 Å². The van der Waals surface area contributed by atoms with Crippen molar-refractivity contribution in [2.45, 2.75) is 0 Å². The number of aromatic nitrogens is 1. The van der Waals surface area contributed by atoms with Gasteiger partial charge in [-0.25, -0.2) is 0 Å². The Morgan fingerprint density at radius 3 is 2.48 bits per heavy atom. The van der Waals surface area contributed by atoms with E-state index in [4.69, 9.17) is 5.73 Å². The summed E-state index contributed by atoms with van der Waals surface area (Å²) in [6.45, 7) is 0. The van der Waals surface area contributed by atoms with Crippen LogP contribution >= 0.6 is 0 Å². The summed E-state index contributed by atoms with van der Waals surface area (Å²) in [5.74, 6) is -0.0835. The van der Waals surface area contributed by atoms with Crippen molar-refractivity contribution in [3.05, 3.63) is 63.9 Å². The molecule has 4 nitrogen and oxygen atoms in total. The highest BCUT2D eigenvalue weighted by atomic mass is 16.1. The van der Waals surface area contributed by atoms with E-state index in [1.165, 1.54) is 0 Å². The van der Waals surface area contributed by atoms with Gasteiger partial charge < -0.3 is 10.3 Å². The van der Waals surface area contributed by atoms with E-state index >= 15 is 0 Å². The molecule has 0 amide bonds. The van der Waals surface area contributed by atoms with Crippen LogP contribution in [0.5, 0.6) is 0 Å². The summed E-state index contributed by atoms with van der Waals surface area (Å²) >= 11 is 0. The predicted octanol–water partition coefficient (Wildman–Crippen LogP) is 2.33. The lowest BCUT2D eigenvalue weighted by Gasteiger charge is -2.21. The van der Waals surface area contributed by atoms with Crippen LogP contribution in [0.25, 0.3) is 22.0 Å². The lowest BCUT2D eigenvalue weighted by Crippen LogP contribution is -2.20. The zero-order chi connectivity index (χ0) is 14.7. The van der Waals surface area contributed by atoms with Crippen LogP contribution in [-0.4, -0.2) is 10.4 Å². The molecular formula is C17H12N2O2. The Balaban J connectivity index is 2.32. The molecule has 0 saturated carbocycles. The molecule has 0 fully saturated rings. The number of carbonyl (C=O) groups excluding carboxylic acids is 1. The van der Waals surface area contributed by atoms with E-state index in [9.17, 15) is 9.59 Å². The number of aryl methyl sites for hydroxylation is 1. The van der Waals surface area contributed by atoms with Gasteiger partial charge in [0, 0.05) is 29.8 Å². The molecule has 102 valence electrons. The highest BCUT2D eigenvalue weighted by Gasteiger charge is 2.27. The number of ketones is 1. The molecule has 2 aromatic carbocycles. The molecule has 0 aliphatic heterocycles. The van der Waals surface area contributed by atoms with Gasteiger partial charge in [-0.05, 0) is 23.3 Å². The molecule has 0 atom stereocenters. The van der Waals surface area contributed by atoms with Gasteiger partial charge in [0.15, 0.2) is 5.78 Å². The van der Waals surface area contributed by atoms with Gasteiger partial charge >= 0.3 is 0 Å². The van der Waals surface area contributed by atoms with E-state index in [1.54, 1.807) is 41.9 Å². The molecule has 4 heteroatoms. The van der Waals surface area contributed by atoms with Gasteiger partial charge in [0.2, 0.25) is 0 Å². The second kappa shape index (κ2) is 3.82. The largest absolute Gasteiger partial charge is 0.398 e. The van der Waals surface area contributed by atoms with Crippen LogP contribution in [0.15, 0.2) is 47.3 Å². The van der Waals surface area contributed by atoms with Crippen LogP contribution in [-0.2, 0) is 7.05 Å². The van der Waals surface area contributed by atoms with E-state index in [1.807, 2.05) is 12.1 Å². The van der Waals surface area contributed by atoms with Crippen molar-refractivity contribution in [3.63, 3.8) is 0 Å². The summed E-state index contributed by atoms with van der Waals surface area (Å²) in [5, 5.41) is 0.822. The lowest BCUT2D eigenvalue weighted by molar-refractivity contribution is 0.104. The second-order valence-electron chi connectivity index (χ2n) is 5.25. The van der Waals surface area contributed by atoms with Crippen LogP contribution in [0.4, 0.5) is 5.69 Å². The monoisotopic (exact) mass is 276 g/mol. The molecule has 0 radical (unpaired) electrons. The third kappa shape index (κ3) is 1.39. The fraction of sp³-hybridized carbons (Fsp3) is 0.0588. The van der Waals surface area contributed by atoms with Crippen LogP contribution in [0.2, 0.25) is 0 Å². The van der Waals surface area contributed by atoms with Gasteiger partial charge in [-0.2, -0.15) is 0 Å². The van der Waals surface area contributed by atoms with Crippen molar-refractivity contribution in [3.8, 4) is 11.1 Å². The van der Waals surface area contributed by atoms with E-state index in [-0.39, 0.29) is 11.3 Å². The third-order valence-electron chi connectivity index (χ3n) is 4.13. The summed E-state index contributed by atoms with van der Waals surface area (Å²) in [6, 6.07) is 12.4. The molecule has 3 aromatic rings. The minimum Gasteiger partial charge on any atom is -0.398 e. The Kier molecular flexibility index (Phi) is 2.17. The minimum absolute atomic E-state index is 0.0835. The first-order valence-electron chi connectivity index (χ1n) is 6.66. The van der Waals surface area contributed by atoms with Crippen molar-refractivity contribution >= 4 is 22.4 Å². The number of carbonyl (C=O) groups is 1. The number of fused-ring (bicyclic) bond motifs is 2. The molecule has 1 heterocycles. The van der Waals surface area contributed by atoms with Crippen LogP contribution < -0.4 is 11.3 Å². The van der Waals surface area contributed by atoms with E-state index in [0.29, 0.717) is 16.8 Å². The van der Waals surface area contributed by atoms with Gasteiger partial charge in [-0.1, -0.05) is 24.3 Å². The van der Waals surface area contributed by atoms with Gasteiger partial charge in [0.1, 0.15) is 0 Å². The summed E-state index contributed by atoms with van der Waals surface area (Å²) in [5.41, 5.74) is 9.70. The molecule has 1 aliphatic rings. The quantitative estimate of drug-likeness (QED) is 0.501. The summed E-state index contributed by atoms with van der Waals surface area (Å²) in [6.07, 6.45) is 0. The highest BCUT2D eigenvalue weighted by Crippen LogP contribution is 2.40. The van der Waals surface area contributed by atoms with Crippen molar-refractivity contribution < 1.29 is 4.79 Å². The first-order valence-corrected chi connectivity index (χ1v) is 6.66. The van der Waals surface area contributed by atoms with Crippen molar-refractivity contribution in [1.29, 1.82) is 0 Å². The Morgan fingerprint density at radius 1 is 0.952 bits per heavy atom. The maximum atomic E-state index is 12.7. The number of nitrogen functional groups attached to an aromatic ring is 1. The maximum Gasteiger partial charge on any atom is 0.251 e. The van der Waals surface area contributed by atoms with Gasteiger partial charge in [-0.15, -0.1) is 0 Å². The summed E-state index contributed by atoms with van der Waals surface area (Å²) in [4.78, 5) is 24.9. The molecule has 2 N–H and O–H groups in total. The Hall–Kier alpha value is -2.88. The molecule has 0 spiro atoms. The van der Waals surface area contributed by atoms with E-state index in [0.717, 1.165) is 22.0 Å². The zero-order valence-corrected chi connectivity index (χ0v) is 11.4. The number of rotatable bonds is 0. The van der Waals surface area contributed by atoms with Gasteiger partial charge in [0.05, 0.1) is 11.1 Å². The van der Waals surface area contributed by atoms with Crippen molar-refractivity contribution in [1.82, 2.24) is 4.57 Å². The van der Waals surface area contributed by atoms with E-state index in [2.05, 4.69) is 0 Å². The fourth-order valence-corrected chi connectivity index (χ4v) is 3.10. The van der Waals surface area contributed by atoms with Crippen LogP contribution in [0, 0.1) is 0 Å². The molecule has 0 saturated heterocycles. The first kappa shape index (κ1) is 11.9. The fourth-order valence-electron chi connectivity index (χ4n) is 3.10. The standard InChI is InChI=1S/C17H12N2O2/c1-19-13-7-3-5-10-15(13)11(8-14(19)20)9-4-2-6-12(18)16(9)17(10)21/h2-8H,18H2,1H3. The van der Waals surface area contributed by atoms with Crippen LogP contribution in [0.3, 0.4) is 0 Å². The molecule has 1 aliphatic carbocycles. The predicted molar refractivity (Wildman–Crippen MR) is 82.5 cm³/mol. The molecular weight excluding hydrogens is 264 g/mol. The molecule has 0 unspecified atom stereocenters. The van der Waals surface area contributed by atoms with Crippen molar-refractivity contribution in [2.75, 3.05) is 5.73 Å². The Labute approximate surface area is 120 Å². The second-order valence-corrected chi connectivity index (χ2v) is 5.25. The molecule has 21 heavy (non-hydrogen) atoms. The van der Waals surface area contributed by atoms with Crippen LogP contribution in [0.1, 0.15) is 15.9 Å². The Morgan fingerprint density at radius 2 is 1.67 bits per heavy atom. The SMILES string of the molecule is Cn1c(=O)cc2c3c(cccc31)C(=O)c1c(N)cccc1-2. The van der Waals surface area contributed by atoms with Crippen molar-refractivity contribution in [2.24, 2.45) is 7.05 Å². The third-order valence-corrected chi connectivity index (χ3v) is 4.13. The number of anilines is 1. The average molecular weight is 276 g/mol. The summed E-state index contributed by atoms with van der Waals surface area (Å²) in [7, 11) is 1.71. The number of hydrogen-bond acceptors (Lipinski definition) is 3. The highest BCUT2D eigenvalue weighted by molar-refractivity contribution is 6.27. The molecule has 4 rings (SSSR count). The first-order chi connectivity index (χ1) is 10.1. The topological polar surface area (TPSA) is 65.1 Å². The normalized spacial score (nSPS) is 12.5. The number of pyridine rings is 1. The smallest absolute Gasteiger partial charge is 0.251 e. The summed E-state index contributed by atoms with van der Waals surface area (Å²) < 4.78 is 1.56. The molecule has 1 aromatic heterocycles. The minimum atomic E-state index is -0.0997. The number of nitrogens with two attached hydrogens (primary N) is 1. The number of nitrogens with zero attached hydrogens (tertiary/aromatic N) is 1. The molecule has 0 bridgehead atoms. The zero-order valence-electron chi connectivity index (χ0n) is 11.4. The van der Waals surface area contributed by atoms with Gasteiger partial charge in [-0.3, -0.25) is 9.59 Å². The van der Waals surface area contributed by atoms with Gasteiger partial charge in [0.25, 0.3) is 5.56 Å². The number of benzene rings is 2. The average Bonchev–Trinajstić information content (AvgIpc) is 2.48. The number of hydrogen-bond donors (Lipinski definition) is 1.